The summed E-state index contributed by atoms with van der Waals surface area (Å²) in [5.74, 6) is -0.267. The van der Waals surface area contributed by atoms with Crippen molar-refractivity contribution in [2.45, 2.75) is 161 Å². The van der Waals surface area contributed by atoms with Gasteiger partial charge in [0.2, 0.25) is 0 Å². The maximum Gasteiger partial charge on any atom is 0.330 e. The fraction of sp³-hybridized carbons (Fsp3) is 0.867. The lowest BCUT2D eigenvalue weighted by molar-refractivity contribution is -0.147. The van der Waals surface area contributed by atoms with Crippen LogP contribution in [0.2, 0.25) is 0 Å². The predicted octanol–water partition coefficient (Wildman–Crippen LogP) is 9.00. The lowest BCUT2D eigenvalue weighted by Gasteiger charge is -2.17. The monoisotopic (exact) mass is 478 g/mol. The Hall–Kier alpha value is -1.32. The lowest BCUT2D eigenvalue weighted by atomic mass is 9.97. The van der Waals surface area contributed by atoms with Gasteiger partial charge in [-0.1, -0.05) is 95.5 Å². The fourth-order valence-electron chi connectivity index (χ4n) is 5.04. The second kappa shape index (κ2) is 22.2. The van der Waals surface area contributed by atoms with E-state index >= 15 is 0 Å². The summed E-state index contributed by atoms with van der Waals surface area (Å²) in [5.41, 5.74) is 1.30. The van der Waals surface area contributed by atoms with Crippen molar-refractivity contribution in [2.24, 2.45) is 0 Å². The number of hydrogen-bond donors (Lipinski definition) is 0. The topological polar surface area (TPSA) is 52.6 Å². The minimum Gasteiger partial charge on any atom is -0.463 e. The van der Waals surface area contributed by atoms with Crippen LogP contribution in [0.25, 0.3) is 0 Å². The molecule has 2 aliphatic carbocycles. The molecule has 0 saturated heterocycles. The van der Waals surface area contributed by atoms with Gasteiger partial charge in [-0.05, 0) is 58.3 Å². The zero-order valence-electron chi connectivity index (χ0n) is 22.6. The first-order chi connectivity index (χ1) is 16.6. The fourth-order valence-corrected chi connectivity index (χ4v) is 5.04. The maximum absolute atomic E-state index is 11.5. The Morgan fingerprint density at radius 1 is 0.676 bits per heavy atom. The zero-order valence-corrected chi connectivity index (χ0v) is 22.6. The smallest absolute Gasteiger partial charge is 0.330 e. The second-order valence-electron chi connectivity index (χ2n) is 10.2. The van der Waals surface area contributed by atoms with E-state index in [-0.39, 0.29) is 18.0 Å². The molecule has 34 heavy (non-hydrogen) atoms. The molecule has 0 N–H and O–H groups in total. The van der Waals surface area contributed by atoms with E-state index in [9.17, 15) is 9.59 Å². The summed E-state index contributed by atoms with van der Waals surface area (Å²) in [4.78, 5) is 22.5. The average molecular weight is 479 g/mol. The molecule has 0 radical (unpaired) electrons. The van der Waals surface area contributed by atoms with Crippen molar-refractivity contribution >= 4 is 11.9 Å². The Balaban J connectivity index is 0.000000342. The molecule has 4 heteroatoms. The van der Waals surface area contributed by atoms with E-state index in [2.05, 4.69) is 0 Å². The summed E-state index contributed by atoms with van der Waals surface area (Å²) in [6.07, 6.45) is 30.1. The van der Waals surface area contributed by atoms with Crippen LogP contribution in [-0.2, 0) is 19.1 Å². The molecule has 0 spiro atoms. The van der Waals surface area contributed by atoms with Crippen molar-refractivity contribution in [2.75, 3.05) is 6.61 Å². The maximum atomic E-state index is 11.5. The number of rotatable bonds is 3. The summed E-state index contributed by atoms with van der Waals surface area (Å²) < 4.78 is 10.4. The SMILES string of the molecule is CC(=O)OC1CCCCCCCCCCC1.CCOC(=O)C=C1CCCCCCCCCCC1. The molecule has 0 heterocycles. The van der Waals surface area contributed by atoms with E-state index in [4.69, 9.17) is 9.47 Å². The van der Waals surface area contributed by atoms with Crippen LogP contribution in [0.15, 0.2) is 11.6 Å². The molecule has 198 valence electrons. The molecule has 0 aromatic carbocycles. The third-order valence-corrected chi connectivity index (χ3v) is 6.99. The largest absolute Gasteiger partial charge is 0.463 e. The van der Waals surface area contributed by atoms with Gasteiger partial charge in [0.05, 0.1) is 6.61 Å². The highest BCUT2D eigenvalue weighted by Gasteiger charge is 2.12. The summed E-state index contributed by atoms with van der Waals surface area (Å²) in [5, 5.41) is 0. The van der Waals surface area contributed by atoms with E-state index < -0.39 is 0 Å². The molecular weight excluding hydrogens is 424 g/mol. The Kier molecular flexibility index (Phi) is 20.0. The minimum atomic E-state index is -0.153. The van der Waals surface area contributed by atoms with Crippen LogP contribution in [0, 0.1) is 0 Å². The number of ether oxygens (including phenoxy) is 2. The standard InChI is InChI=1S/C16H28O2.C14H26O2/c1-2-18-16(17)14-15-12-10-8-6-4-3-5-7-9-11-13-15;1-13(15)16-14-11-9-7-5-3-2-4-6-8-10-12-14/h14H,2-13H2,1H3;14H,2-12H2,1H3. The quantitative estimate of drug-likeness (QED) is 0.300. The van der Waals surface area contributed by atoms with Gasteiger partial charge < -0.3 is 9.47 Å². The van der Waals surface area contributed by atoms with Crippen LogP contribution in [0.4, 0.5) is 0 Å². The molecule has 0 unspecified atom stereocenters. The molecule has 0 aliphatic heterocycles. The highest BCUT2D eigenvalue weighted by atomic mass is 16.5. The third kappa shape index (κ3) is 19.0. The van der Waals surface area contributed by atoms with E-state index in [1.165, 1.54) is 128 Å². The molecule has 0 amide bonds. The van der Waals surface area contributed by atoms with Crippen LogP contribution < -0.4 is 0 Å². The number of esters is 2. The van der Waals surface area contributed by atoms with Crippen LogP contribution in [0.1, 0.15) is 155 Å². The zero-order chi connectivity index (χ0) is 24.7. The van der Waals surface area contributed by atoms with Gasteiger partial charge in [-0.2, -0.15) is 0 Å². The summed E-state index contributed by atoms with van der Waals surface area (Å²) in [7, 11) is 0. The van der Waals surface area contributed by atoms with Gasteiger partial charge in [0.15, 0.2) is 0 Å². The van der Waals surface area contributed by atoms with Crippen molar-refractivity contribution < 1.29 is 19.1 Å². The average Bonchev–Trinajstić information content (AvgIpc) is 2.78. The number of carbonyl (C=O) groups is 2. The number of allylic oxidation sites excluding steroid dienone is 1. The molecule has 0 bridgehead atoms. The summed E-state index contributed by atoms with van der Waals surface area (Å²) >= 11 is 0. The van der Waals surface area contributed by atoms with E-state index in [1.54, 1.807) is 6.08 Å². The highest BCUT2D eigenvalue weighted by Crippen LogP contribution is 2.21. The number of carbonyl (C=O) groups excluding carboxylic acids is 2. The molecule has 4 nitrogen and oxygen atoms in total. The Bertz CT molecular complexity index is 514. The van der Waals surface area contributed by atoms with Crippen LogP contribution in [-0.4, -0.2) is 24.6 Å². The first-order valence-electron chi connectivity index (χ1n) is 14.6. The van der Waals surface area contributed by atoms with Gasteiger partial charge in [-0.25, -0.2) is 4.79 Å². The molecule has 0 atom stereocenters. The van der Waals surface area contributed by atoms with Gasteiger partial charge in [0.25, 0.3) is 0 Å². The van der Waals surface area contributed by atoms with Gasteiger partial charge >= 0.3 is 11.9 Å². The van der Waals surface area contributed by atoms with Crippen molar-refractivity contribution in [3.8, 4) is 0 Å². The van der Waals surface area contributed by atoms with Crippen molar-refractivity contribution in [3.05, 3.63) is 11.6 Å². The van der Waals surface area contributed by atoms with E-state index in [0.29, 0.717) is 6.61 Å². The first kappa shape index (κ1) is 30.7. The molecule has 0 aromatic rings. The number of hydrogen-bond acceptors (Lipinski definition) is 4. The normalized spacial score (nSPS) is 20.6. The van der Waals surface area contributed by atoms with Gasteiger partial charge in [0.1, 0.15) is 6.10 Å². The molecule has 0 aromatic heterocycles. The second-order valence-corrected chi connectivity index (χ2v) is 10.2. The van der Waals surface area contributed by atoms with E-state index in [0.717, 1.165) is 25.7 Å². The Morgan fingerprint density at radius 2 is 1.06 bits per heavy atom. The molecule has 2 saturated carbocycles. The van der Waals surface area contributed by atoms with Crippen LogP contribution in [0.3, 0.4) is 0 Å². The van der Waals surface area contributed by atoms with Crippen molar-refractivity contribution in [1.29, 1.82) is 0 Å². The molecule has 2 rings (SSSR count). The van der Waals surface area contributed by atoms with Gasteiger partial charge in [-0.15, -0.1) is 0 Å². The van der Waals surface area contributed by atoms with E-state index in [1.807, 2.05) is 6.92 Å². The summed E-state index contributed by atoms with van der Waals surface area (Å²) in [6.45, 7) is 3.86. The summed E-state index contributed by atoms with van der Waals surface area (Å²) in [6, 6.07) is 0. The van der Waals surface area contributed by atoms with Crippen LogP contribution in [0.5, 0.6) is 0 Å². The lowest BCUT2D eigenvalue weighted by Crippen LogP contribution is -2.16. The van der Waals surface area contributed by atoms with Crippen molar-refractivity contribution in [1.82, 2.24) is 0 Å². The molecule has 2 aliphatic rings. The molecular formula is C30H54O4. The van der Waals surface area contributed by atoms with Gasteiger partial charge in [-0.3, -0.25) is 4.79 Å². The van der Waals surface area contributed by atoms with Crippen LogP contribution >= 0.6 is 0 Å². The first-order valence-corrected chi connectivity index (χ1v) is 14.6. The Morgan fingerprint density at radius 3 is 1.44 bits per heavy atom. The van der Waals surface area contributed by atoms with Crippen molar-refractivity contribution in [3.63, 3.8) is 0 Å². The van der Waals surface area contributed by atoms with Gasteiger partial charge in [0, 0.05) is 13.0 Å². The third-order valence-electron chi connectivity index (χ3n) is 6.99. The molecule has 2 fully saturated rings. The highest BCUT2D eigenvalue weighted by molar-refractivity contribution is 5.82. The minimum absolute atomic E-state index is 0.114. The Labute approximate surface area is 210 Å². The predicted molar refractivity (Wildman–Crippen MR) is 142 cm³/mol.